The average Bonchev–Trinajstić information content (AvgIpc) is 2.71. The van der Waals surface area contributed by atoms with Crippen LogP contribution in [0.15, 0.2) is 48.5 Å². The molecule has 1 aliphatic heterocycles. The van der Waals surface area contributed by atoms with Gasteiger partial charge in [-0.25, -0.2) is 0 Å². The maximum absolute atomic E-state index is 12.6. The Morgan fingerprint density at radius 1 is 1.15 bits per heavy atom. The molecular formula is C22H28N2O3. The van der Waals surface area contributed by atoms with E-state index < -0.39 is 0 Å². The Bertz CT molecular complexity index is 748. The summed E-state index contributed by atoms with van der Waals surface area (Å²) in [5.41, 5.74) is 3.42. The van der Waals surface area contributed by atoms with Gasteiger partial charge < -0.3 is 19.7 Å². The largest absolute Gasteiger partial charge is 0.493 e. The number of hydrogen-bond acceptors (Lipinski definition) is 4. The summed E-state index contributed by atoms with van der Waals surface area (Å²) in [4.78, 5) is 14.6. The monoisotopic (exact) mass is 368 g/mol. The van der Waals surface area contributed by atoms with E-state index in [-0.39, 0.29) is 5.91 Å². The normalized spacial score (nSPS) is 13.3. The molecule has 3 rings (SSSR count). The molecule has 0 bridgehead atoms. The molecule has 0 atom stereocenters. The molecule has 0 spiro atoms. The van der Waals surface area contributed by atoms with Gasteiger partial charge in [-0.05, 0) is 42.2 Å². The second-order valence-corrected chi connectivity index (χ2v) is 6.72. The third-order valence-corrected chi connectivity index (χ3v) is 4.68. The van der Waals surface area contributed by atoms with Crippen molar-refractivity contribution >= 4 is 11.6 Å². The fraction of sp³-hybridized carbons (Fsp3) is 0.409. The number of nitrogens with zero attached hydrogens (tertiary/aromatic N) is 1. The minimum atomic E-state index is 0.120. The molecule has 0 saturated carbocycles. The molecular weight excluding hydrogens is 340 g/mol. The van der Waals surface area contributed by atoms with Gasteiger partial charge in [-0.2, -0.15) is 0 Å². The van der Waals surface area contributed by atoms with Crippen molar-refractivity contribution in [2.45, 2.75) is 25.8 Å². The van der Waals surface area contributed by atoms with Gasteiger partial charge in [0.1, 0.15) is 5.75 Å². The second kappa shape index (κ2) is 10.1. The van der Waals surface area contributed by atoms with E-state index in [2.05, 4.69) is 11.4 Å². The summed E-state index contributed by atoms with van der Waals surface area (Å²) in [6.07, 6.45) is 2.93. The van der Waals surface area contributed by atoms with Crippen molar-refractivity contribution in [3.05, 3.63) is 59.7 Å². The van der Waals surface area contributed by atoms with Crippen LogP contribution in [0, 0.1) is 0 Å². The first-order valence-corrected chi connectivity index (χ1v) is 9.57. The van der Waals surface area contributed by atoms with E-state index >= 15 is 0 Å². The Morgan fingerprint density at radius 2 is 2.04 bits per heavy atom. The Morgan fingerprint density at radius 3 is 2.93 bits per heavy atom. The zero-order valence-electron chi connectivity index (χ0n) is 15.9. The van der Waals surface area contributed by atoms with Gasteiger partial charge in [0.05, 0.1) is 13.2 Å². The first kappa shape index (κ1) is 19.4. The highest BCUT2D eigenvalue weighted by atomic mass is 16.5. The number of ether oxygens (including phenoxy) is 2. The molecule has 1 amide bonds. The van der Waals surface area contributed by atoms with Crippen LogP contribution in [-0.2, 0) is 22.5 Å². The van der Waals surface area contributed by atoms with Gasteiger partial charge in [-0.1, -0.05) is 30.3 Å². The van der Waals surface area contributed by atoms with Crippen molar-refractivity contribution in [1.29, 1.82) is 0 Å². The fourth-order valence-corrected chi connectivity index (χ4v) is 3.34. The highest BCUT2D eigenvalue weighted by Gasteiger charge is 2.21. The Labute approximate surface area is 161 Å². The molecule has 2 aromatic carbocycles. The smallest absolute Gasteiger partial charge is 0.240 e. The molecule has 0 saturated heterocycles. The highest BCUT2D eigenvalue weighted by molar-refractivity contribution is 5.95. The summed E-state index contributed by atoms with van der Waals surface area (Å²) in [7, 11) is 1.69. The predicted molar refractivity (Wildman–Crippen MR) is 107 cm³/mol. The molecule has 27 heavy (non-hydrogen) atoms. The summed E-state index contributed by atoms with van der Waals surface area (Å²) in [6, 6.07) is 16.2. The zero-order chi connectivity index (χ0) is 18.9. The summed E-state index contributed by atoms with van der Waals surface area (Å²) in [5, 5.41) is 3.27. The number of benzene rings is 2. The fourth-order valence-electron chi connectivity index (χ4n) is 3.34. The van der Waals surface area contributed by atoms with Crippen LogP contribution in [0.2, 0.25) is 0 Å². The van der Waals surface area contributed by atoms with Crippen molar-refractivity contribution < 1.29 is 14.3 Å². The topological polar surface area (TPSA) is 50.8 Å². The molecule has 0 fully saturated rings. The highest BCUT2D eigenvalue weighted by Crippen LogP contribution is 2.26. The van der Waals surface area contributed by atoms with Crippen LogP contribution in [0.3, 0.4) is 0 Å². The summed E-state index contributed by atoms with van der Waals surface area (Å²) < 4.78 is 10.8. The molecule has 0 radical (unpaired) electrons. The lowest BCUT2D eigenvalue weighted by atomic mass is 10.0. The minimum Gasteiger partial charge on any atom is -0.493 e. The SMILES string of the molecule is COCCCOc1cccc(CNCC(=O)N2CCCc3ccccc32)c1. The van der Waals surface area contributed by atoms with E-state index in [9.17, 15) is 4.79 Å². The molecule has 0 aromatic heterocycles. The van der Waals surface area contributed by atoms with Crippen LogP contribution in [0.5, 0.6) is 5.75 Å². The van der Waals surface area contributed by atoms with Crippen molar-refractivity contribution in [1.82, 2.24) is 5.32 Å². The number of carbonyl (C=O) groups excluding carboxylic acids is 1. The summed E-state index contributed by atoms with van der Waals surface area (Å²) >= 11 is 0. The van der Waals surface area contributed by atoms with E-state index in [0.717, 1.165) is 42.8 Å². The number of amides is 1. The number of hydrogen-bond donors (Lipinski definition) is 1. The molecule has 0 aliphatic carbocycles. The number of fused-ring (bicyclic) bond motifs is 1. The van der Waals surface area contributed by atoms with E-state index in [1.807, 2.05) is 47.4 Å². The third-order valence-electron chi connectivity index (χ3n) is 4.68. The maximum atomic E-state index is 12.6. The molecule has 2 aromatic rings. The lowest BCUT2D eigenvalue weighted by Gasteiger charge is -2.29. The van der Waals surface area contributed by atoms with Gasteiger partial charge in [-0.15, -0.1) is 0 Å². The van der Waals surface area contributed by atoms with Gasteiger partial charge in [0, 0.05) is 38.9 Å². The van der Waals surface area contributed by atoms with Crippen molar-refractivity contribution in [2.24, 2.45) is 0 Å². The lowest BCUT2D eigenvalue weighted by Crippen LogP contribution is -2.41. The van der Waals surface area contributed by atoms with E-state index in [0.29, 0.717) is 26.3 Å². The number of carbonyl (C=O) groups is 1. The van der Waals surface area contributed by atoms with Gasteiger partial charge in [0.2, 0.25) is 5.91 Å². The number of aryl methyl sites for hydroxylation is 1. The zero-order valence-corrected chi connectivity index (χ0v) is 15.9. The molecule has 144 valence electrons. The quantitative estimate of drug-likeness (QED) is 0.691. The van der Waals surface area contributed by atoms with E-state index in [1.54, 1.807) is 7.11 Å². The third kappa shape index (κ3) is 5.55. The second-order valence-electron chi connectivity index (χ2n) is 6.72. The van der Waals surface area contributed by atoms with E-state index in [1.165, 1.54) is 5.56 Å². The van der Waals surface area contributed by atoms with Gasteiger partial charge in [-0.3, -0.25) is 4.79 Å². The van der Waals surface area contributed by atoms with Crippen LogP contribution in [0.25, 0.3) is 0 Å². The van der Waals surface area contributed by atoms with Crippen LogP contribution < -0.4 is 15.0 Å². The number of nitrogens with one attached hydrogen (secondary N) is 1. The Kier molecular flexibility index (Phi) is 7.25. The van der Waals surface area contributed by atoms with Crippen molar-refractivity contribution in [3.8, 4) is 5.75 Å². The molecule has 5 nitrogen and oxygen atoms in total. The molecule has 1 aliphatic rings. The maximum Gasteiger partial charge on any atom is 0.240 e. The Balaban J connectivity index is 1.48. The minimum absolute atomic E-state index is 0.120. The van der Waals surface area contributed by atoms with Gasteiger partial charge in [0.25, 0.3) is 0 Å². The predicted octanol–water partition coefficient (Wildman–Crippen LogP) is 3.17. The van der Waals surface area contributed by atoms with E-state index in [4.69, 9.17) is 9.47 Å². The van der Waals surface area contributed by atoms with Gasteiger partial charge >= 0.3 is 0 Å². The van der Waals surface area contributed by atoms with Crippen LogP contribution in [0.1, 0.15) is 24.0 Å². The number of rotatable bonds is 9. The van der Waals surface area contributed by atoms with Crippen LogP contribution in [0.4, 0.5) is 5.69 Å². The van der Waals surface area contributed by atoms with Crippen molar-refractivity contribution in [3.63, 3.8) is 0 Å². The standard InChI is InChI=1S/C22H28N2O3/c1-26-13-6-14-27-20-10-4-7-18(15-20)16-23-17-22(25)24-12-5-9-19-8-2-3-11-21(19)24/h2-4,7-8,10-11,15,23H,5-6,9,12-14,16-17H2,1H3. The van der Waals surface area contributed by atoms with Crippen molar-refractivity contribution in [2.75, 3.05) is 38.3 Å². The van der Waals surface area contributed by atoms with Gasteiger partial charge in [0.15, 0.2) is 0 Å². The molecule has 5 heteroatoms. The first-order chi connectivity index (χ1) is 13.3. The lowest BCUT2D eigenvalue weighted by molar-refractivity contribution is -0.117. The molecule has 1 N–H and O–H groups in total. The van der Waals surface area contributed by atoms with Crippen LogP contribution in [-0.4, -0.2) is 39.3 Å². The average molecular weight is 368 g/mol. The number of para-hydroxylation sites is 1. The first-order valence-electron chi connectivity index (χ1n) is 9.57. The Hall–Kier alpha value is -2.37. The molecule has 1 heterocycles. The number of anilines is 1. The molecule has 0 unspecified atom stereocenters. The summed E-state index contributed by atoms with van der Waals surface area (Å²) in [6.45, 7) is 3.09. The summed E-state index contributed by atoms with van der Waals surface area (Å²) in [5.74, 6) is 0.968. The van der Waals surface area contributed by atoms with Crippen LogP contribution >= 0.6 is 0 Å². The number of methoxy groups -OCH3 is 1.